The summed E-state index contributed by atoms with van der Waals surface area (Å²) in [6.45, 7) is 6.47. The third kappa shape index (κ3) is 3.39. The molecule has 1 heterocycles. The molecule has 0 aromatic rings. The van der Waals surface area contributed by atoms with Gasteiger partial charge >= 0.3 is 0 Å². The van der Waals surface area contributed by atoms with E-state index in [0.29, 0.717) is 12.0 Å². The molecule has 2 nitrogen and oxygen atoms in total. The third-order valence-corrected chi connectivity index (χ3v) is 2.44. The first-order valence-electron chi connectivity index (χ1n) is 5.17. The Labute approximate surface area is 81.6 Å². The Balaban J connectivity index is 2.39. The number of hydrogen-bond donors (Lipinski definition) is 0. The van der Waals surface area contributed by atoms with E-state index in [1.165, 1.54) is 19.4 Å². The van der Waals surface area contributed by atoms with Gasteiger partial charge in [-0.3, -0.25) is 0 Å². The zero-order chi connectivity index (χ0) is 9.68. The Bertz CT molecular complexity index is 165. The molecule has 1 aliphatic rings. The Morgan fingerprint density at radius 3 is 2.92 bits per heavy atom. The van der Waals surface area contributed by atoms with Crippen LogP contribution in [0.1, 0.15) is 26.7 Å². The third-order valence-electron chi connectivity index (χ3n) is 2.44. The Hall–Kier alpha value is -0.500. The highest BCUT2D eigenvalue weighted by atomic mass is 16.5. The van der Waals surface area contributed by atoms with Crippen LogP contribution in [0.5, 0.6) is 0 Å². The molecule has 1 aliphatic heterocycles. The highest BCUT2D eigenvalue weighted by Crippen LogP contribution is 2.17. The van der Waals surface area contributed by atoms with Crippen molar-refractivity contribution >= 4 is 0 Å². The molecule has 0 aliphatic carbocycles. The van der Waals surface area contributed by atoms with E-state index in [0.717, 1.165) is 6.61 Å². The van der Waals surface area contributed by atoms with Gasteiger partial charge in [0.05, 0.1) is 12.6 Å². The molecular formula is C11H21NO. The van der Waals surface area contributed by atoms with Crippen LogP contribution in [0.3, 0.4) is 0 Å². The maximum absolute atomic E-state index is 5.19. The van der Waals surface area contributed by atoms with Gasteiger partial charge in [-0.1, -0.05) is 19.9 Å². The second kappa shape index (κ2) is 5.28. The number of likely N-dealkylation sites (tertiary alicyclic amines) is 1. The van der Waals surface area contributed by atoms with Gasteiger partial charge in [-0.15, -0.1) is 0 Å². The number of allylic oxidation sites excluding steroid dienone is 1. The summed E-state index contributed by atoms with van der Waals surface area (Å²) in [7, 11) is 1.78. The second-order valence-corrected chi connectivity index (χ2v) is 4.07. The lowest BCUT2D eigenvalue weighted by Gasteiger charge is -2.22. The summed E-state index contributed by atoms with van der Waals surface area (Å²) >= 11 is 0. The van der Waals surface area contributed by atoms with Crippen LogP contribution in [0.25, 0.3) is 0 Å². The van der Waals surface area contributed by atoms with Gasteiger partial charge in [0.25, 0.3) is 0 Å². The lowest BCUT2D eigenvalue weighted by atomic mass is 10.2. The average molecular weight is 183 g/mol. The fourth-order valence-corrected chi connectivity index (χ4v) is 1.71. The minimum Gasteiger partial charge on any atom is -0.383 e. The number of rotatable bonds is 4. The van der Waals surface area contributed by atoms with Crippen LogP contribution in [0.2, 0.25) is 0 Å². The minimum absolute atomic E-state index is 0.611. The Morgan fingerprint density at radius 1 is 1.54 bits per heavy atom. The molecule has 1 saturated heterocycles. The van der Waals surface area contributed by atoms with E-state index < -0.39 is 0 Å². The maximum Gasteiger partial charge on any atom is 0.0666 e. The van der Waals surface area contributed by atoms with Crippen molar-refractivity contribution in [2.24, 2.45) is 5.92 Å². The largest absolute Gasteiger partial charge is 0.383 e. The van der Waals surface area contributed by atoms with E-state index in [1.807, 2.05) is 0 Å². The van der Waals surface area contributed by atoms with E-state index in [1.54, 1.807) is 7.11 Å². The van der Waals surface area contributed by atoms with Crippen molar-refractivity contribution in [2.45, 2.75) is 32.7 Å². The normalized spacial score (nSPS) is 23.7. The highest BCUT2D eigenvalue weighted by molar-refractivity contribution is 4.91. The van der Waals surface area contributed by atoms with Gasteiger partial charge in [-0.2, -0.15) is 0 Å². The molecule has 76 valence electrons. The molecule has 13 heavy (non-hydrogen) atoms. The molecule has 0 saturated carbocycles. The molecule has 0 spiro atoms. The zero-order valence-corrected chi connectivity index (χ0v) is 8.99. The van der Waals surface area contributed by atoms with Crippen LogP contribution in [0.15, 0.2) is 12.3 Å². The molecular weight excluding hydrogens is 162 g/mol. The number of hydrogen-bond acceptors (Lipinski definition) is 2. The van der Waals surface area contributed by atoms with Crippen molar-refractivity contribution in [3.05, 3.63) is 12.3 Å². The van der Waals surface area contributed by atoms with Crippen LogP contribution in [0, 0.1) is 5.92 Å². The second-order valence-electron chi connectivity index (χ2n) is 4.07. The summed E-state index contributed by atoms with van der Waals surface area (Å²) in [5, 5.41) is 0. The van der Waals surface area contributed by atoms with Crippen LogP contribution in [-0.2, 0) is 4.74 Å². The van der Waals surface area contributed by atoms with E-state index in [-0.39, 0.29) is 0 Å². The van der Waals surface area contributed by atoms with Crippen LogP contribution >= 0.6 is 0 Å². The first-order valence-corrected chi connectivity index (χ1v) is 5.17. The van der Waals surface area contributed by atoms with Crippen molar-refractivity contribution < 1.29 is 4.74 Å². The summed E-state index contributed by atoms with van der Waals surface area (Å²) in [4.78, 5) is 2.41. The van der Waals surface area contributed by atoms with Crippen molar-refractivity contribution in [3.8, 4) is 0 Å². The zero-order valence-electron chi connectivity index (χ0n) is 8.99. The van der Waals surface area contributed by atoms with Crippen LogP contribution < -0.4 is 0 Å². The van der Waals surface area contributed by atoms with Crippen LogP contribution in [0.4, 0.5) is 0 Å². The SMILES string of the molecule is COC[C@@H]1CCCN1/C=C/C(C)C. The van der Waals surface area contributed by atoms with Crippen molar-refractivity contribution in [1.82, 2.24) is 4.90 Å². The number of ether oxygens (including phenoxy) is 1. The molecule has 0 N–H and O–H groups in total. The lowest BCUT2D eigenvalue weighted by Crippen LogP contribution is -2.28. The van der Waals surface area contributed by atoms with Gasteiger partial charge in [-0.05, 0) is 25.0 Å². The van der Waals surface area contributed by atoms with Crippen LogP contribution in [-0.4, -0.2) is 31.2 Å². The van der Waals surface area contributed by atoms with Gasteiger partial charge in [0.1, 0.15) is 0 Å². The first-order chi connectivity index (χ1) is 6.24. The van der Waals surface area contributed by atoms with E-state index >= 15 is 0 Å². The molecule has 1 rings (SSSR count). The summed E-state index contributed by atoms with van der Waals surface area (Å²) in [5.74, 6) is 0.642. The van der Waals surface area contributed by atoms with Crippen molar-refractivity contribution in [2.75, 3.05) is 20.3 Å². The number of methoxy groups -OCH3 is 1. The molecule has 0 amide bonds. The smallest absolute Gasteiger partial charge is 0.0666 e. The molecule has 0 bridgehead atoms. The fourth-order valence-electron chi connectivity index (χ4n) is 1.71. The Kier molecular flexibility index (Phi) is 4.29. The van der Waals surface area contributed by atoms with E-state index in [2.05, 4.69) is 31.0 Å². The summed E-state index contributed by atoms with van der Waals surface area (Å²) in [5.41, 5.74) is 0. The molecule has 0 aromatic heterocycles. The van der Waals surface area contributed by atoms with Gasteiger partial charge in [0, 0.05) is 13.7 Å². The molecule has 1 fully saturated rings. The Morgan fingerprint density at radius 2 is 2.31 bits per heavy atom. The molecule has 0 radical (unpaired) electrons. The predicted molar refractivity (Wildman–Crippen MR) is 55.6 cm³/mol. The van der Waals surface area contributed by atoms with Gasteiger partial charge in [0.2, 0.25) is 0 Å². The molecule has 0 unspecified atom stereocenters. The topological polar surface area (TPSA) is 12.5 Å². The lowest BCUT2D eigenvalue weighted by molar-refractivity contribution is 0.137. The number of nitrogens with zero attached hydrogens (tertiary/aromatic N) is 1. The highest BCUT2D eigenvalue weighted by Gasteiger charge is 2.20. The molecule has 1 atom stereocenters. The summed E-state index contributed by atoms with van der Waals surface area (Å²) < 4.78 is 5.19. The molecule has 2 heteroatoms. The van der Waals surface area contributed by atoms with E-state index in [9.17, 15) is 0 Å². The monoisotopic (exact) mass is 183 g/mol. The van der Waals surface area contributed by atoms with Gasteiger partial charge in [0.15, 0.2) is 0 Å². The fraction of sp³-hybridized carbons (Fsp3) is 0.818. The first kappa shape index (κ1) is 10.6. The van der Waals surface area contributed by atoms with Crippen molar-refractivity contribution in [1.29, 1.82) is 0 Å². The van der Waals surface area contributed by atoms with Crippen molar-refractivity contribution in [3.63, 3.8) is 0 Å². The quantitative estimate of drug-likeness (QED) is 0.663. The summed E-state index contributed by atoms with van der Waals surface area (Å²) in [6.07, 6.45) is 7.07. The van der Waals surface area contributed by atoms with Gasteiger partial charge < -0.3 is 9.64 Å². The maximum atomic E-state index is 5.19. The van der Waals surface area contributed by atoms with Gasteiger partial charge in [-0.25, -0.2) is 0 Å². The van der Waals surface area contributed by atoms with E-state index in [4.69, 9.17) is 4.74 Å². The molecule has 0 aromatic carbocycles. The predicted octanol–water partition coefficient (Wildman–Crippen LogP) is 2.27. The average Bonchev–Trinajstić information content (AvgIpc) is 2.49. The standard InChI is InChI=1S/C11H21NO/c1-10(2)6-8-12-7-4-5-11(12)9-13-3/h6,8,10-11H,4-5,7,9H2,1-3H3/b8-6+/t11-/m0/s1. The minimum atomic E-state index is 0.611. The summed E-state index contributed by atoms with van der Waals surface area (Å²) in [6, 6.07) is 0.611.